The molecule has 0 fully saturated rings. The number of hydrogen-bond acceptors (Lipinski definition) is 4. The summed E-state index contributed by atoms with van der Waals surface area (Å²) >= 11 is 0. The van der Waals surface area contributed by atoms with Crippen LogP contribution in [0.3, 0.4) is 0 Å². The molecule has 0 spiro atoms. The van der Waals surface area contributed by atoms with Crippen LogP contribution in [-0.4, -0.2) is 34.9 Å². The van der Waals surface area contributed by atoms with Gasteiger partial charge in [-0.3, -0.25) is 9.00 Å². The van der Waals surface area contributed by atoms with Gasteiger partial charge >= 0.3 is 0 Å². The number of amides is 1. The molecule has 5 nitrogen and oxygen atoms in total. The third-order valence-corrected chi connectivity index (χ3v) is 6.23. The third kappa shape index (κ3) is 5.73. The standard InChI is InChI=1S/C25H27NO4S/c1-4-31(28)24-13-9-8-12-21(24)25(27)26(2)17-20-14-15-22(23(16-20)29-3)30-18-19-10-6-5-7-11-19/h5-16H,4,17-18H2,1-3H3/t31-/m0/s1. The monoisotopic (exact) mass is 437 g/mol. The Hall–Kier alpha value is -3.12. The first-order valence-corrected chi connectivity index (χ1v) is 11.4. The number of carbonyl (C=O) groups excluding carboxylic acids is 1. The molecule has 1 amide bonds. The Balaban J connectivity index is 1.72. The molecule has 31 heavy (non-hydrogen) atoms. The molecule has 0 aliphatic heterocycles. The maximum absolute atomic E-state index is 13.0. The summed E-state index contributed by atoms with van der Waals surface area (Å²) in [6.45, 7) is 2.68. The maximum Gasteiger partial charge on any atom is 0.255 e. The third-order valence-electron chi connectivity index (χ3n) is 4.86. The fraction of sp³-hybridized carbons (Fsp3) is 0.240. The molecule has 3 aromatic carbocycles. The first kappa shape index (κ1) is 22.6. The summed E-state index contributed by atoms with van der Waals surface area (Å²) in [5.41, 5.74) is 2.45. The molecular formula is C25H27NO4S. The molecule has 0 heterocycles. The van der Waals surface area contributed by atoms with Crippen LogP contribution in [-0.2, 0) is 24.0 Å². The second kappa shape index (κ2) is 10.8. The molecule has 0 saturated carbocycles. The van der Waals surface area contributed by atoms with Crippen LogP contribution >= 0.6 is 0 Å². The van der Waals surface area contributed by atoms with Gasteiger partial charge in [0.2, 0.25) is 0 Å². The van der Waals surface area contributed by atoms with Gasteiger partial charge in [0, 0.05) is 19.3 Å². The minimum atomic E-state index is -1.20. The predicted molar refractivity (Wildman–Crippen MR) is 123 cm³/mol. The Morgan fingerprint density at radius 2 is 1.65 bits per heavy atom. The van der Waals surface area contributed by atoms with Crippen molar-refractivity contribution in [3.8, 4) is 11.5 Å². The van der Waals surface area contributed by atoms with E-state index >= 15 is 0 Å². The number of rotatable bonds is 9. The van der Waals surface area contributed by atoms with E-state index in [9.17, 15) is 9.00 Å². The highest BCUT2D eigenvalue weighted by Gasteiger charge is 2.19. The van der Waals surface area contributed by atoms with Crippen LogP contribution in [0.25, 0.3) is 0 Å². The van der Waals surface area contributed by atoms with Crippen molar-refractivity contribution in [2.45, 2.75) is 25.0 Å². The van der Waals surface area contributed by atoms with Crippen molar-refractivity contribution in [2.75, 3.05) is 19.9 Å². The lowest BCUT2D eigenvalue weighted by Crippen LogP contribution is -2.27. The van der Waals surface area contributed by atoms with E-state index < -0.39 is 10.8 Å². The first-order chi connectivity index (χ1) is 15.0. The molecule has 0 aliphatic rings. The molecule has 0 aromatic heterocycles. The fourth-order valence-electron chi connectivity index (χ4n) is 3.21. The van der Waals surface area contributed by atoms with E-state index in [0.29, 0.717) is 40.9 Å². The van der Waals surface area contributed by atoms with Gasteiger partial charge in [-0.2, -0.15) is 0 Å². The van der Waals surface area contributed by atoms with Gasteiger partial charge in [-0.15, -0.1) is 0 Å². The van der Waals surface area contributed by atoms with Crippen LogP contribution in [0.1, 0.15) is 28.4 Å². The number of carbonyl (C=O) groups is 1. The quantitative estimate of drug-likeness (QED) is 0.488. The highest BCUT2D eigenvalue weighted by atomic mass is 32.2. The number of hydrogen-bond donors (Lipinski definition) is 0. The predicted octanol–water partition coefficient (Wildman–Crippen LogP) is 4.67. The van der Waals surface area contributed by atoms with Crippen molar-refractivity contribution in [3.63, 3.8) is 0 Å². The summed E-state index contributed by atoms with van der Waals surface area (Å²) in [6, 6.07) is 22.6. The van der Waals surface area contributed by atoms with E-state index in [1.807, 2.05) is 55.5 Å². The number of ether oxygens (including phenoxy) is 2. The van der Waals surface area contributed by atoms with E-state index in [0.717, 1.165) is 11.1 Å². The summed E-state index contributed by atoms with van der Waals surface area (Å²) in [5.74, 6) is 1.56. The van der Waals surface area contributed by atoms with Crippen LogP contribution in [0.4, 0.5) is 0 Å². The highest BCUT2D eigenvalue weighted by molar-refractivity contribution is 7.85. The van der Waals surface area contributed by atoms with Crippen LogP contribution < -0.4 is 9.47 Å². The topological polar surface area (TPSA) is 55.8 Å². The molecule has 0 radical (unpaired) electrons. The Bertz CT molecular complexity index is 1050. The Morgan fingerprint density at radius 3 is 2.35 bits per heavy atom. The van der Waals surface area contributed by atoms with Crippen LogP contribution in [0, 0.1) is 0 Å². The zero-order chi connectivity index (χ0) is 22.2. The van der Waals surface area contributed by atoms with E-state index in [1.165, 1.54) is 0 Å². The molecule has 0 unspecified atom stereocenters. The maximum atomic E-state index is 13.0. The molecule has 6 heteroatoms. The Labute approximate surface area is 186 Å². The van der Waals surface area contributed by atoms with Gasteiger partial charge in [0.05, 0.1) is 28.4 Å². The van der Waals surface area contributed by atoms with Crippen molar-refractivity contribution in [2.24, 2.45) is 0 Å². The molecule has 0 saturated heterocycles. The zero-order valence-electron chi connectivity index (χ0n) is 18.0. The van der Waals surface area contributed by atoms with Gasteiger partial charge in [-0.05, 0) is 35.4 Å². The first-order valence-electron chi connectivity index (χ1n) is 10.1. The zero-order valence-corrected chi connectivity index (χ0v) is 18.9. The average molecular weight is 438 g/mol. The lowest BCUT2D eigenvalue weighted by atomic mass is 10.1. The lowest BCUT2D eigenvalue weighted by Gasteiger charge is -2.20. The molecule has 1 atom stereocenters. The second-order valence-electron chi connectivity index (χ2n) is 7.05. The molecule has 0 N–H and O–H groups in total. The average Bonchev–Trinajstić information content (AvgIpc) is 2.82. The summed E-state index contributed by atoms with van der Waals surface area (Å²) in [5, 5.41) is 0. The van der Waals surface area contributed by atoms with Crippen LogP contribution in [0.2, 0.25) is 0 Å². The molecule has 0 aliphatic carbocycles. The number of benzene rings is 3. The normalized spacial score (nSPS) is 11.6. The molecular weight excluding hydrogens is 410 g/mol. The minimum absolute atomic E-state index is 0.166. The smallest absolute Gasteiger partial charge is 0.255 e. The lowest BCUT2D eigenvalue weighted by molar-refractivity contribution is 0.0781. The summed E-state index contributed by atoms with van der Waals surface area (Å²) < 4.78 is 23.7. The van der Waals surface area contributed by atoms with Gasteiger partial charge in [0.25, 0.3) is 5.91 Å². The number of methoxy groups -OCH3 is 1. The highest BCUT2D eigenvalue weighted by Crippen LogP contribution is 2.29. The van der Waals surface area contributed by atoms with Crippen molar-refractivity contribution >= 4 is 16.7 Å². The van der Waals surface area contributed by atoms with E-state index in [-0.39, 0.29) is 5.91 Å². The van der Waals surface area contributed by atoms with Crippen molar-refractivity contribution in [1.29, 1.82) is 0 Å². The van der Waals surface area contributed by atoms with E-state index in [1.54, 1.807) is 43.3 Å². The largest absolute Gasteiger partial charge is 0.493 e. The van der Waals surface area contributed by atoms with Gasteiger partial charge in [-0.25, -0.2) is 0 Å². The van der Waals surface area contributed by atoms with Crippen LogP contribution in [0.15, 0.2) is 77.7 Å². The molecule has 3 rings (SSSR count). The van der Waals surface area contributed by atoms with Crippen molar-refractivity contribution in [1.82, 2.24) is 4.90 Å². The van der Waals surface area contributed by atoms with Crippen molar-refractivity contribution < 1.29 is 18.5 Å². The minimum Gasteiger partial charge on any atom is -0.493 e. The van der Waals surface area contributed by atoms with Crippen LogP contribution in [0.5, 0.6) is 11.5 Å². The molecule has 3 aromatic rings. The fourth-order valence-corrected chi connectivity index (χ4v) is 4.16. The summed E-state index contributed by atoms with van der Waals surface area (Å²) in [7, 11) is 2.14. The van der Waals surface area contributed by atoms with Gasteiger partial charge in [0.1, 0.15) is 6.61 Å². The summed E-state index contributed by atoms with van der Waals surface area (Å²) in [4.78, 5) is 15.2. The van der Waals surface area contributed by atoms with E-state index in [2.05, 4.69) is 0 Å². The van der Waals surface area contributed by atoms with Crippen molar-refractivity contribution in [3.05, 3.63) is 89.5 Å². The van der Waals surface area contributed by atoms with Gasteiger partial charge < -0.3 is 14.4 Å². The SMILES string of the molecule is CC[S@](=O)c1ccccc1C(=O)N(C)Cc1ccc(OCc2ccccc2)c(OC)c1. The molecule has 0 bridgehead atoms. The Kier molecular flexibility index (Phi) is 7.84. The molecule has 162 valence electrons. The Morgan fingerprint density at radius 1 is 0.935 bits per heavy atom. The van der Waals surface area contributed by atoms with Gasteiger partial charge in [0.15, 0.2) is 11.5 Å². The summed E-state index contributed by atoms with van der Waals surface area (Å²) in [6.07, 6.45) is 0. The van der Waals surface area contributed by atoms with Gasteiger partial charge in [-0.1, -0.05) is 55.5 Å². The second-order valence-corrected chi connectivity index (χ2v) is 8.76. The van der Waals surface area contributed by atoms with E-state index in [4.69, 9.17) is 9.47 Å². The number of nitrogens with zero attached hydrogens (tertiary/aromatic N) is 1.